The van der Waals surface area contributed by atoms with Crippen LogP contribution in [0.2, 0.25) is 0 Å². The van der Waals surface area contributed by atoms with Gasteiger partial charge in [0.1, 0.15) is 5.82 Å². The number of aromatic nitrogens is 3. The van der Waals surface area contributed by atoms with E-state index in [1.807, 2.05) is 11.0 Å². The highest BCUT2D eigenvalue weighted by molar-refractivity contribution is 7.80. The molecule has 1 aliphatic rings. The molecule has 0 aromatic carbocycles. The lowest BCUT2D eigenvalue weighted by atomic mass is 9.92. The maximum Gasteiger partial charge on any atom is 0.433 e. The topological polar surface area (TPSA) is 66.0 Å². The standard InChI is InChI=1S/C19H23F3N6S/c1-12-6-13(2)11-28(10-12)16-7-15(19(20,21)22)25-17(26-16)27-18(29)24-9-14-4-3-5-23-8-14/h3-5,7-8,12-13H,6,9-11H2,1-2H3,(H2,24,25,26,27,29)/t12-,13-/m1/s1. The van der Waals surface area contributed by atoms with Crippen molar-refractivity contribution in [1.82, 2.24) is 20.3 Å². The van der Waals surface area contributed by atoms with Crippen LogP contribution in [0.15, 0.2) is 30.6 Å². The number of halogens is 3. The number of alkyl halides is 3. The number of hydrogen-bond acceptors (Lipinski definition) is 5. The summed E-state index contributed by atoms with van der Waals surface area (Å²) in [6, 6.07) is 4.65. The van der Waals surface area contributed by atoms with Crippen molar-refractivity contribution in [3.63, 3.8) is 0 Å². The number of nitrogens with zero attached hydrogens (tertiary/aromatic N) is 4. The fourth-order valence-corrected chi connectivity index (χ4v) is 3.64. The van der Waals surface area contributed by atoms with Crippen molar-refractivity contribution in [3.8, 4) is 0 Å². The second-order valence-corrected chi connectivity index (χ2v) is 7.86. The monoisotopic (exact) mass is 424 g/mol. The molecule has 1 aliphatic heterocycles. The highest BCUT2D eigenvalue weighted by atomic mass is 32.1. The van der Waals surface area contributed by atoms with Crippen LogP contribution in [0.4, 0.5) is 24.9 Å². The average Bonchev–Trinajstić information content (AvgIpc) is 2.65. The number of anilines is 2. The van der Waals surface area contributed by atoms with Gasteiger partial charge in [-0.1, -0.05) is 19.9 Å². The molecule has 0 aliphatic carbocycles. The minimum atomic E-state index is -4.58. The smallest absolute Gasteiger partial charge is 0.358 e. The summed E-state index contributed by atoms with van der Waals surface area (Å²) >= 11 is 5.19. The van der Waals surface area contributed by atoms with Gasteiger partial charge in [-0.3, -0.25) is 4.98 Å². The third-order valence-corrected chi connectivity index (χ3v) is 4.84. The SMILES string of the molecule is C[C@@H]1C[C@@H](C)CN(c2cc(C(F)(F)F)nc(NC(=S)NCc3cccnc3)n2)C1. The fourth-order valence-electron chi connectivity index (χ4n) is 3.48. The number of hydrogen-bond donors (Lipinski definition) is 2. The zero-order chi connectivity index (χ0) is 21.0. The predicted octanol–water partition coefficient (Wildman–Crippen LogP) is 3.86. The molecule has 0 bridgehead atoms. The molecule has 156 valence electrons. The summed E-state index contributed by atoms with van der Waals surface area (Å²) < 4.78 is 40.1. The molecule has 1 fully saturated rings. The van der Waals surface area contributed by atoms with Crippen molar-refractivity contribution >= 4 is 29.1 Å². The predicted molar refractivity (Wildman–Crippen MR) is 109 cm³/mol. The molecule has 10 heteroatoms. The number of thiocarbonyl (C=S) groups is 1. The van der Waals surface area contributed by atoms with E-state index in [2.05, 4.69) is 39.4 Å². The third-order valence-electron chi connectivity index (χ3n) is 4.60. The van der Waals surface area contributed by atoms with Crippen LogP contribution in [0.25, 0.3) is 0 Å². The number of pyridine rings is 1. The zero-order valence-corrected chi connectivity index (χ0v) is 17.0. The van der Waals surface area contributed by atoms with Crippen molar-refractivity contribution in [2.24, 2.45) is 11.8 Å². The van der Waals surface area contributed by atoms with Crippen LogP contribution in [0.5, 0.6) is 0 Å². The molecule has 2 N–H and O–H groups in total. The van der Waals surface area contributed by atoms with Gasteiger partial charge in [0.05, 0.1) is 0 Å². The quantitative estimate of drug-likeness (QED) is 0.723. The van der Waals surface area contributed by atoms with Crippen molar-refractivity contribution in [1.29, 1.82) is 0 Å². The Hall–Kier alpha value is -2.49. The highest BCUT2D eigenvalue weighted by Crippen LogP contribution is 2.32. The first kappa shape index (κ1) is 21.2. The molecule has 0 radical (unpaired) electrons. The van der Waals surface area contributed by atoms with Crippen molar-refractivity contribution < 1.29 is 13.2 Å². The number of piperidine rings is 1. The molecule has 6 nitrogen and oxygen atoms in total. The lowest BCUT2D eigenvalue weighted by Crippen LogP contribution is -2.39. The van der Waals surface area contributed by atoms with Gasteiger partial charge < -0.3 is 15.5 Å². The Morgan fingerprint density at radius 1 is 1.24 bits per heavy atom. The molecular weight excluding hydrogens is 401 g/mol. The highest BCUT2D eigenvalue weighted by Gasteiger charge is 2.35. The van der Waals surface area contributed by atoms with Gasteiger partial charge in [-0.2, -0.15) is 18.2 Å². The molecule has 29 heavy (non-hydrogen) atoms. The first-order valence-corrected chi connectivity index (χ1v) is 9.76. The van der Waals surface area contributed by atoms with E-state index < -0.39 is 11.9 Å². The summed E-state index contributed by atoms with van der Waals surface area (Å²) in [6.45, 7) is 5.87. The molecule has 0 saturated carbocycles. The van der Waals surface area contributed by atoms with E-state index in [1.165, 1.54) is 0 Å². The normalized spacial score (nSPS) is 19.7. The van der Waals surface area contributed by atoms with Crippen LogP contribution < -0.4 is 15.5 Å². The molecule has 2 aromatic rings. The van der Waals surface area contributed by atoms with Crippen LogP contribution in [-0.2, 0) is 12.7 Å². The van der Waals surface area contributed by atoms with Gasteiger partial charge in [0, 0.05) is 38.1 Å². The van der Waals surface area contributed by atoms with E-state index in [-0.39, 0.29) is 16.9 Å². The van der Waals surface area contributed by atoms with E-state index in [0.29, 0.717) is 31.5 Å². The Balaban J connectivity index is 1.77. The summed E-state index contributed by atoms with van der Waals surface area (Å²) in [4.78, 5) is 13.8. The van der Waals surface area contributed by atoms with Crippen LogP contribution in [-0.4, -0.2) is 33.2 Å². The fraction of sp³-hybridized carbons (Fsp3) is 0.474. The first-order valence-electron chi connectivity index (χ1n) is 9.35. The number of rotatable bonds is 4. The molecule has 2 aromatic heterocycles. The van der Waals surface area contributed by atoms with Gasteiger partial charge in [0.15, 0.2) is 10.8 Å². The Morgan fingerprint density at radius 2 is 1.97 bits per heavy atom. The second kappa shape index (κ2) is 8.89. The lowest BCUT2D eigenvalue weighted by Gasteiger charge is -2.36. The van der Waals surface area contributed by atoms with Crippen molar-refractivity contribution in [3.05, 3.63) is 41.9 Å². The summed E-state index contributed by atoms with van der Waals surface area (Å²) in [5.74, 6) is 0.830. The van der Waals surface area contributed by atoms with Gasteiger partial charge in [0.2, 0.25) is 5.95 Å². The van der Waals surface area contributed by atoms with E-state index in [4.69, 9.17) is 12.2 Å². The molecule has 0 unspecified atom stereocenters. The van der Waals surface area contributed by atoms with Crippen LogP contribution in [0, 0.1) is 11.8 Å². The minimum Gasteiger partial charge on any atom is -0.358 e. The first-order chi connectivity index (χ1) is 13.7. The summed E-state index contributed by atoms with van der Waals surface area (Å²) in [6.07, 6.45) is -0.208. The van der Waals surface area contributed by atoms with Crippen LogP contribution in [0.3, 0.4) is 0 Å². The second-order valence-electron chi connectivity index (χ2n) is 7.45. The molecule has 3 rings (SSSR count). The third kappa shape index (κ3) is 5.99. The molecule has 1 saturated heterocycles. The van der Waals surface area contributed by atoms with Gasteiger partial charge >= 0.3 is 6.18 Å². The number of nitrogens with one attached hydrogen (secondary N) is 2. The molecular formula is C19H23F3N6S. The van der Waals surface area contributed by atoms with Gasteiger partial charge in [0.25, 0.3) is 0 Å². The maximum atomic E-state index is 13.4. The minimum absolute atomic E-state index is 0.138. The molecule has 2 atom stereocenters. The van der Waals surface area contributed by atoms with Gasteiger partial charge in [-0.15, -0.1) is 0 Å². The van der Waals surface area contributed by atoms with Crippen molar-refractivity contribution in [2.45, 2.75) is 33.0 Å². The molecule has 0 spiro atoms. The van der Waals surface area contributed by atoms with E-state index in [9.17, 15) is 13.2 Å². The zero-order valence-electron chi connectivity index (χ0n) is 16.2. The Labute approximate surface area is 173 Å². The van der Waals surface area contributed by atoms with E-state index in [1.54, 1.807) is 18.5 Å². The maximum absolute atomic E-state index is 13.4. The Bertz CT molecular complexity index is 836. The summed E-state index contributed by atoms with van der Waals surface area (Å²) in [5.41, 5.74) is -0.107. The van der Waals surface area contributed by atoms with E-state index >= 15 is 0 Å². The van der Waals surface area contributed by atoms with E-state index in [0.717, 1.165) is 18.1 Å². The largest absolute Gasteiger partial charge is 0.433 e. The average molecular weight is 424 g/mol. The van der Waals surface area contributed by atoms with Gasteiger partial charge in [-0.25, -0.2) is 4.98 Å². The Morgan fingerprint density at radius 3 is 2.59 bits per heavy atom. The molecule has 0 amide bonds. The van der Waals surface area contributed by atoms with Gasteiger partial charge in [-0.05, 0) is 42.1 Å². The van der Waals surface area contributed by atoms with Crippen molar-refractivity contribution in [2.75, 3.05) is 23.3 Å². The van der Waals surface area contributed by atoms with Crippen LogP contribution in [0.1, 0.15) is 31.5 Å². The molecule has 3 heterocycles. The summed E-state index contributed by atoms with van der Waals surface area (Å²) in [7, 11) is 0. The Kier molecular flexibility index (Phi) is 6.51. The lowest BCUT2D eigenvalue weighted by molar-refractivity contribution is -0.141. The summed E-state index contributed by atoms with van der Waals surface area (Å²) in [5, 5.41) is 5.74. The van der Waals surface area contributed by atoms with Crippen LogP contribution >= 0.6 is 12.2 Å².